The molecule has 0 bridgehead atoms. The van der Waals surface area contributed by atoms with Crippen LogP contribution in [-0.4, -0.2) is 49.8 Å². The molecule has 0 aromatic carbocycles. The summed E-state index contributed by atoms with van der Waals surface area (Å²) in [4.78, 5) is 2.71. The van der Waals surface area contributed by atoms with Crippen LogP contribution >= 0.6 is 0 Å². The molecule has 0 aliphatic heterocycles. The first-order chi connectivity index (χ1) is 9.95. The minimum atomic E-state index is 0.466. The Morgan fingerprint density at radius 3 is 2.62 bits per heavy atom. The second-order valence-electron chi connectivity index (χ2n) is 7.52. The van der Waals surface area contributed by atoms with Crippen molar-refractivity contribution in [2.45, 2.75) is 84.8 Å². The van der Waals surface area contributed by atoms with Crippen LogP contribution in [0.25, 0.3) is 0 Å². The van der Waals surface area contributed by atoms with Crippen molar-refractivity contribution in [3.05, 3.63) is 0 Å². The average molecular weight is 299 g/mol. The second-order valence-corrected chi connectivity index (χ2v) is 7.52. The Bertz CT molecular complexity index is 280. The summed E-state index contributed by atoms with van der Waals surface area (Å²) < 4.78 is 5.36. The van der Waals surface area contributed by atoms with E-state index in [1.165, 1.54) is 32.1 Å². The van der Waals surface area contributed by atoms with Crippen LogP contribution in [0.5, 0.6) is 0 Å². The summed E-state index contributed by atoms with van der Waals surface area (Å²) in [6, 6.07) is 1.92. The maximum atomic E-state index is 5.36. The van der Waals surface area contributed by atoms with E-state index in [2.05, 4.69) is 44.8 Å². The number of methoxy groups -OCH3 is 1. The lowest BCUT2D eigenvalue weighted by atomic mass is 9.72. The van der Waals surface area contributed by atoms with Gasteiger partial charge in [-0.2, -0.15) is 0 Å². The normalized spacial score (nSPS) is 27.0. The summed E-state index contributed by atoms with van der Waals surface area (Å²) in [5.74, 6) is 0. The quantitative estimate of drug-likeness (QED) is 0.703. The van der Waals surface area contributed by atoms with Crippen molar-refractivity contribution in [1.29, 1.82) is 0 Å². The molecule has 126 valence electrons. The fraction of sp³-hybridized carbons (Fsp3) is 1.00. The molecular weight excluding hydrogens is 260 g/mol. The topological polar surface area (TPSA) is 24.5 Å². The lowest BCUT2D eigenvalue weighted by molar-refractivity contribution is 0.0218. The summed E-state index contributed by atoms with van der Waals surface area (Å²) in [5.41, 5.74) is 0.466. The van der Waals surface area contributed by atoms with E-state index in [0.29, 0.717) is 23.5 Å². The summed E-state index contributed by atoms with van der Waals surface area (Å²) in [6.45, 7) is 14.8. The molecule has 1 N–H and O–H groups in total. The lowest BCUT2D eigenvalue weighted by Crippen LogP contribution is -2.57. The molecule has 1 aliphatic carbocycles. The number of rotatable bonds is 9. The van der Waals surface area contributed by atoms with E-state index in [4.69, 9.17) is 4.74 Å². The minimum absolute atomic E-state index is 0.466. The van der Waals surface area contributed by atoms with Gasteiger partial charge in [0.05, 0.1) is 6.61 Å². The molecule has 1 fully saturated rings. The average Bonchev–Trinajstić information content (AvgIpc) is 2.45. The van der Waals surface area contributed by atoms with Crippen LogP contribution in [0.1, 0.15) is 66.7 Å². The molecule has 3 nitrogen and oxygen atoms in total. The SMILES string of the molecule is CCCNC1CCC(C)(C)CC1N(CCOC)C(C)CC. The Morgan fingerprint density at radius 2 is 2.05 bits per heavy atom. The highest BCUT2D eigenvalue weighted by atomic mass is 16.5. The molecular formula is C18H38N2O. The Hall–Kier alpha value is -0.120. The van der Waals surface area contributed by atoms with Gasteiger partial charge in [0.25, 0.3) is 0 Å². The summed E-state index contributed by atoms with van der Waals surface area (Å²) >= 11 is 0. The largest absolute Gasteiger partial charge is 0.383 e. The van der Waals surface area contributed by atoms with Crippen LogP contribution in [0, 0.1) is 5.41 Å². The predicted molar refractivity (Wildman–Crippen MR) is 91.8 cm³/mol. The Labute approximate surface area is 132 Å². The molecule has 0 amide bonds. The van der Waals surface area contributed by atoms with Gasteiger partial charge in [-0.15, -0.1) is 0 Å². The van der Waals surface area contributed by atoms with Crippen molar-refractivity contribution in [3.63, 3.8) is 0 Å². The van der Waals surface area contributed by atoms with E-state index in [9.17, 15) is 0 Å². The van der Waals surface area contributed by atoms with Crippen molar-refractivity contribution in [2.24, 2.45) is 5.41 Å². The molecule has 3 heteroatoms. The van der Waals surface area contributed by atoms with E-state index in [1.807, 2.05) is 7.11 Å². The van der Waals surface area contributed by atoms with Gasteiger partial charge >= 0.3 is 0 Å². The first kappa shape index (κ1) is 18.9. The zero-order valence-electron chi connectivity index (χ0n) is 15.2. The highest BCUT2D eigenvalue weighted by Crippen LogP contribution is 2.38. The smallest absolute Gasteiger partial charge is 0.0589 e. The number of hydrogen-bond acceptors (Lipinski definition) is 3. The summed E-state index contributed by atoms with van der Waals surface area (Å²) in [7, 11) is 1.81. The molecule has 0 spiro atoms. The molecule has 1 saturated carbocycles. The van der Waals surface area contributed by atoms with Gasteiger partial charge < -0.3 is 10.1 Å². The number of nitrogens with zero attached hydrogens (tertiary/aromatic N) is 1. The van der Waals surface area contributed by atoms with E-state index in [0.717, 1.165) is 19.7 Å². The van der Waals surface area contributed by atoms with Crippen LogP contribution < -0.4 is 5.32 Å². The van der Waals surface area contributed by atoms with Crippen molar-refractivity contribution in [3.8, 4) is 0 Å². The number of ether oxygens (including phenoxy) is 1. The van der Waals surface area contributed by atoms with Gasteiger partial charge in [-0.1, -0.05) is 27.7 Å². The van der Waals surface area contributed by atoms with Crippen molar-refractivity contribution >= 4 is 0 Å². The predicted octanol–water partition coefficient (Wildman–Crippen LogP) is 3.68. The first-order valence-electron chi connectivity index (χ1n) is 8.93. The molecule has 0 aromatic rings. The monoisotopic (exact) mass is 298 g/mol. The van der Waals surface area contributed by atoms with Gasteiger partial charge in [-0.3, -0.25) is 4.90 Å². The third kappa shape index (κ3) is 5.88. The van der Waals surface area contributed by atoms with Gasteiger partial charge in [0, 0.05) is 31.8 Å². The van der Waals surface area contributed by atoms with Gasteiger partial charge in [0.2, 0.25) is 0 Å². The minimum Gasteiger partial charge on any atom is -0.383 e. The van der Waals surface area contributed by atoms with Crippen molar-refractivity contribution in [1.82, 2.24) is 10.2 Å². The molecule has 0 heterocycles. The first-order valence-corrected chi connectivity index (χ1v) is 8.93. The van der Waals surface area contributed by atoms with Crippen LogP contribution in [-0.2, 0) is 4.74 Å². The Morgan fingerprint density at radius 1 is 1.33 bits per heavy atom. The van der Waals surface area contributed by atoms with E-state index >= 15 is 0 Å². The highest BCUT2D eigenvalue weighted by molar-refractivity contribution is 4.95. The molecule has 0 saturated heterocycles. The van der Waals surface area contributed by atoms with Crippen LogP contribution in [0.3, 0.4) is 0 Å². The van der Waals surface area contributed by atoms with Crippen molar-refractivity contribution < 1.29 is 4.74 Å². The van der Waals surface area contributed by atoms with E-state index in [-0.39, 0.29) is 0 Å². The van der Waals surface area contributed by atoms with Crippen LogP contribution in [0.15, 0.2) is 0 Å². The van der Waals surface area contributed by atoms with Crippen molar-refractivity contribution in [2.75, 3.05) is 26.8 Å². The lowest BCUT2D eigenvalue weighted by Gasteiger charge is -2.48. The zero-order chi connectivity index (χ0) is 15.9. The molecule has 3 unspecified atom stereocenters. The molecule has 21 heavy (non-hydrogen) atoms. The Balaban J connectivity index is 2.83. The molecule has 1 rings (SSSR count). The van der Waals surface area contributed by atoms with Gasteiger partial charge in [0.1, 0.15) is 0 Å². The maximum Gasteiger partial charge on any atom is 0.0589 e. The number of nitrogens with one attached hydrogen (secondary N) is 1. The molecule has 0 radical (unpaired) electrons. The fourth-order valence-corrected chi connectivity index (χ4v) is 3.61. The maximum absolute atomic E-state index is 5.36. The van der Waals surface area contributed by atoms with Gasteiger partial charge in [0.15, 0.2) is 0 Å². The van der Waals surface area contributed by atoms with Gasteiger partial charge in [-0.05, 0) is 51.0 Å². The fourth-order valence-electron chi connectivity index (χ4n) is 3.61. The van der Waals surface area contributed by atoms with E-state index < -0.39 is 0 Å². The van der Waals surface area contributed by atoms with Crippen LogP contribution in [0.4, 0.5) is 0 Å². The van der Waals surface area contributed by atoms with E-state index in [1.54, 1.807) is 0 Å². The van der Waals surface area contributed by atoms with Gasteiger partial charge in [-0.25, -0.2) is 0 Å². The zero-order valence-corrected chi connectivity index (χ0v) is 15.2. The standard InChI is InChI=1S/C18H38N2O/c1-7-11-19-16-9-10-18(4,5)14-17(16)20(12-13-21-6)15(3)8-2/h15-17,19H,7-14H2,1-6H3. The number of hydrogen-bond donors (Lipinski definition) is 1. The Kier molecular flexibility index (Phi) is 8.22. The molecule has 1 aliphatic rings. The third-order valence-corrected chi connectivity index (χ3v) is 5.15. The molecule has 0 aromatic heterocycles. The van der Waals surface area contributed by atoms with Crippen LogP contribution in [0.2, 0.25) is 0 Å². The summed E-state index contributed by atoms with van der Waals surface area (Å²) in [6.07, 6.45) is 6.36. The second kappa shape index (κ2) is 9.12. The highest BCUT2D eigenvalue weighted by Gasteiger charge is 2.38. The third-order valence-electron chi connectivity index (χ3n) is 5.15. The summed E-state index contributed by atoms with van der Waals surface area (Å²) in [5, 5.41) is 3.81. The molecule has 3 atom stereocenters.